The van der Waals surface area contributed by atoms with E-state index in [-0.39, 0.29) is 5.41 Å². The predicted octanol–water partition coefficient (Wildman–Crippen LogP) is 3.73. The highest BCUT2D eigenvalue weighted by Gasteiger charge is 2.36. The second-order valence-electron chi connectivity index (χ2n) is 5.85. The molecule has 0 aliphatic carbocycles. The van der Waals surface area contributed by atoms with E-state index in [4.69, 9.17) is 16.3 Å². The third-order valence-corrected chi connectivity index (χ3v) is 4.61. The number of halogens is 1. The first kappa shape index (κ1) is 14.8. The van der Waals surface area contributed by atoms with Crippen LogP contribution in [0.15, 0.2) is 24.3 Å². The van der Waals surface area contributed by atoms with Crippen LogP contribution in [0.4, 0.5) is 0 Å². The lowest BCUT2D eigenvalue weighted by Crippen LogP contribution is -2.47. The van der Waals surface area contributed by atoms with E-state index in [2.05, 4.69) is 30.9 Å². The standard InChI is InChI=1S/C16H24ClNO/c1-13(2)18-10-8-16(9-11-18,12-19-3)14-4-6-15(17)7-5-14/h4-7,13H,8-12H2,1-3H3. The Morgan fingerprint density at radius 2 is 1.79 bits per heavy atom. The number of nitrogens with zero attached hydrogens (tertiary/aromatic N) is 1. The van der Waals surface area contributed by atoms with Crippen LogP contribution in [0, 0.1) is 0 Å². The van der Waals surface area contributed by atoms with Crippen molar-refractivity contribution >= 4 is 11.6 Å². The summed E-state index contributed by atoms with van der Waals surface area (Å²) in [5.74, 6) is 0. The van der Waals surface area contributed by atoms with E-state index < -0.39 is 0 Å². The van der Waals surface area contributed by atoms with E-state index in [0.29, 0.717) is 6.04 Å². The van der Waals surface area contributed by atoms with Crippen LogP contribution in [0.2, 0.25) is 5.02 Å². The molecule has 1 saturated heterocycles. The van der Waals surface area contributed by atoms with Gasteiger partial charge in [0.05, 0.1) is 6.61 Å². The van der Waals surface area contributed by atoms with Crippen molar-refractivity contribution in [1.29, 1.82) is 0 Å². The number of likely N-dealkylation sites (tertiary alicyclic amines) is 1. The Hall–Kier alpha value is -0.570. The number of benzene rings is 1. The van der Waals surface area contributed by atoms with Gasteiger partial charge in [0.1, 0.15) is 0 Å². The number of rotatable bonds is 4. The first-order chi connectivity index (χ1) is 9.07. The third-order valence-electron chi connectivity index (χ3n) is 4.36. The molecule has 1 aliphatic heterocycles. The zero-order valence-corrected chi connectivity index (χ0v) is 12.9. The summed E-state index contributed by atoms with van der Waals surface area (Å²) in [6.45, 7) is 7.62. The number of methoxy groups -OCH3 is 1. The summed E-state index contributed by atoms with van der Waals surface area (Å²) >= 11 is 6.00. The van der Waals surface area contributed by atoms with Crippen molar-refractivity contribution in [3.05, 3.63) is 34.9 Å². The first-order valence-corrected chi connectivity index (χ1v) is 7.44. The maximum absolute atomic E-state index is 6.00. The molecule has 2 nitrogen and oxygen atoms in total. The van der Waals surface area contributed by atoms with Crippen LogP contribution < -0.4 is 0 Å². The summed E-state index contributed by atoms with van der Waals surface area (Å²) in [6.07, 6.45) is 2.31. The third kappa shape index (κ3) is 3.31. The van der Waals surface area contributed by atoms with Crippen molar-refractivity contribution in [3.8, 4) is 0 Å². The first-order valence-electron chi connectivity index (χ1n) is 7.06. The van der Waals surface area contributed by atoms with Crippen LogP contribution >= 0.6 is 11.6 Å². The molecule has 19 heavy (non-hydrogen) atoms. The summed E-state index contributed by atoms with van der Waals surface area (Å²) in [4.78, 5) is 2.55. The molecule has 2 rings (SSSR count). The smallest absolute Gasteiger partial charge is 0.0560 e. The average Bonchev–Trinajstić information content (AvgIpc) is 2.40. The molecule has 1 aromatic rings. The van der Waals surface area contributed by atoms with Gasteiger partial charge in [-0.1, -0.05) is 23.7 Å². The van der Waals surface area contributed by atoms with Crippen molar-refractivity contribution in [2.75, 3.05) is 26.8 Å². The van der Waals surface area contributed by atoms with Crippen molar-refractivity contribution in [1.82, 2.24) is 4.90 Å². The molecule has 0 N–H and O–H groups in total. The fraction of sp³-hybridized carbons (Fsp3) is 0.625. The zero-order valence-electron chi connectivity index (χ0n) is 12.2. The quantitative estimate of drug-likeness (QED) is 0.834. The van der Waals surface area contributed by atoms with Crippen molar-refractivity contribution < 1.29 is 4.74 Å². The topological polar surface area (TPSA) is 12.5 Å². The van der Waals surface area contributed by atoms with Crippen LogP contribution in [-0.2, 0) is 10.2 Å². The Morgan fingerprint density at radius 1 is 1.21 bits per heavy atom. The SMILES string of the molecule is COCC1(c2ccc(Cl)cc2)CCN(C(C)C)CC1. The van der Waals surface area contributed by atoms with E-state index in [1.807, 2.05) is 12.1 Å². The van der Waals surface area contributed by atoms with Gasteiger partial charge in [0.25, 0.3) is 0 Å². The van der Waals surface area contributed by atoms with Crippen LogP contribution in [0.1, 0.15) is 32.3 Å². The second kappa shape index (κ2) is 6.25. The summed E-state index contributed by atoms with van der Waals surface area (Å²) in [7, 11) is 1.80. The second-order valence-corrected chi connectivity index (χ2v) is 6.29. The van der Waals surface area contributed by atoms with Gasteiger partial charge in [-0.15, -0.1) is 0 Å². The van der Waals surface area contributed by atoms with Gasteiger partial charge >= 0.3 is 0 Å². The molecule has 1 aliphatic rings. The van der Waals surface area contributed by atoms with Gasteiger partial charge in [-0.25, -0.2) is 0 Å². The zero-order chi connectivity index (χ0) is 13.9. The highest BCUT2D eigenvalue weighted by Crippen LogP contribution is 2.36. The molecule has 0 atom stereocenters. The Balaban J connectivity index is 2.18. The summed E-state index contributed by atoms with van der Waals surface area (Å²) in [5, 5.41) is 0.802. The molecule has 0 bridgehead atoms. The molecule has 106 valence electrons. The van der Waals surface area contributed by atoms with Crippen LogP contribution in [-0.4, -0.2) is 37.7 Å². The highest BCUT2D eigenvalue weighted by atomic mass is 35.5. The van der Waals surface area contributed by atoms with Crippen LogP contribution in [0.25, 0.3) is 0 Å². The molecule has 0 radical (unpaired) electrons. The predicted molar refractivity (Wildman–Crippen MR) is 80.9 cm³/mol. The maximum Gasteiger partial charge on any atom is 0.0560 e. The van der Waals surface area contributed by atoms with Gasteiger partial charge in [0.15, 0.2) is 0 Å². The molecule has 0 saturated carbocycles. The number of hydrogen-bond donors (Lipinski definition) is 0. The van der Waals surface area contributed by atoms with E-state index in [1.165, 1.54) is 5.56 Å². The molecule has 1 heterocycles. The molecule has 1 fully saturated rings. The van der Waals surface area contributed by atoms with E-state index in [0.717, 1.165) is 37.6 Å². The Bertz CT molecular complexity index is 394. The summed E-state index contributed by atoms with van der Waals surface area (Å²) in [5.41, 5.74) is 1.52. The number of hydrogen-bond acceptors (Lipinski definition) is 2. The van der Waals surface area contributed by atoms with Gasteiger partial charge in [-0.05, 0) is 57.5 Å². The fourth-order valence-electron chi connectivity index (χ4n) is 3.06. The summed E-state index contributed by atoms with van der Waals surface area (Å²) < 4.78 is 5.51. The maximum atomic E-state index is 6.00. The van der Waals surface area contributed by atoms with Gasteiger partial charge in [0, 0.05) is 23.6 Å². The van der Waals surface area contributed by atoms with Crippen LogP contribution in [0.5, 0.6) is 0 Å². The minimum Gasteiger partial charge on any atom is -0.384 e. The lowest BCUT2D eigenvalue weighted by Gasteiger charge is -2.43. The number of piperidine rings is 1. The van der Waals surface area contributed by atoms with Gasteiger partial charge in [0.2, 0.25) is 0 Å². The molecular formula is C16H24ClNO. The summed E-state index contributed by atoms with van der Waals surface area (Å²) in [6, 6.07) is 8.93. The Kier molecular flexibility index (Phi) is 4.88. The minimum atomic E-state index is 0.157. The largest absolute Gasteiger partial charge is 0.384 e. The minimum absolute atomic E-state index is 0.157. The van der Waals surface area contributed by atoms with E-state index in [9.17, 15) is 0 Å². The fourth-order valence-corrected chi connectivity index (χ4v) is 3.19. The lowest BCUT2D eigenvalue weighted by molar-refractivity contribution is 0.0619. The van der Waals surface area contributed by atoms with E-state index in [1.54, 1.807) is 7.11 Å². The molecule has 1 aromatic carbocycles. The monoisotopic (exact) mass is 281 g/mol. The number of ether oxygens (including phenoxy) is 1. The van der Waals surface area contributed by atoms with E-state index >= 15 is 0 Å². The molecule has 3 heteroatoms. The lowest BCUT2D eigenvalue weighted by atomic mass is 9.73. The average molecular weight is 282 g/mol. The molecule has 0 spiro atoms. The van der Waals surface area contributed by atoms with Gasteiger partial charge in [-0.2, -0.15) is 0 Å². The van der Waals surface area contributed by atoms with Crippen molar-refractivity contribution in [3.63, 3.8) is 0 Å². The molecule has 0 unspecified atom stereocenters. The van der Waals surface area contributed by atoms with Crippen LogP contribution in [0.3, 0.4) is 0 Å². The van der Waals surface area contributed by atoms with Crippen molar-refractivity contribution in [2.45, 2.75) is 38.1 Å². The molecule has 0 aromatic heterocycles. The van der Waals surface area contributed by atoms with Gasteiger partial charge < -0.3 is 9.64 Å². The van der Waals surface area contributed by atoms with Gasteiger partial charge in [-0.3, -0.25) is 0 Å². The molecular weight excluding hydrogens is 258 g/mol. The van der Waals surface area contributed by atoms with Crippen molar-refractivity contribution in [2.24, 2.45) is 0 Å². The highest BCUT2D eigenvalue weighted by molar-refractivity contribution is 6.30. The Labute approximate surface area is 121 Å². The Morgan fingerprint density at radius 3 is 2.26 bits per heavy atom. The normalized spacial score (nSPS) is 19.8. The molecule has 0 amide bonds.